The van der Waals surface area contributed by atoms with Gasteiger partial charge in [-0.25, -0.2) is 0 Å². The van der Waals surface area contributed by atoms with Crippen molar-refractivity contribution in [2.45, 2.75) is 6.18 Å². The lowest BCUT2D eigenvalue weighted by Gasteiger charge is -2.11. The first-order valence-electron chi connectivity index (χ1n) is 7.43. The summed E-state index contributed by atoms with van der Waals surface area (Å²) < 4.78 is 49.4. The summed E-state index contributed by atoms with van der Waals surface area (Å²) in [5, 5.41) is 2.33. The molecule has 0 bridgehead atoms. The Labute approximate surface area is 167 Å². The average Bonchev–Trinajstić information content (AvgIpc) is 2.60. The standard InChI is InChI=1S/C18H14BrClF3NO3/c1-26-15-8-10(7-12(19)17(15)27-2)3-6-16(25)24-14-9-11(18(21,22)23)4-5-13(14)20/h3-9H,1-2H3,(H,24,25)/b6-3+. The quantitative estimate of drug-likeness (QED) is 0.570. The van der Waals surface area contributed by atoms with Gasteiger partial charge in [-0.15, -0.1) is 0 Å². The maximum absolute atomic E-state index is 12.8. The summed E-state index contributed by atoms with van der Waals surface area (Å²) in [6.45, 7) is 0. The summed E-state index contributed by atoms with van der Waals surface area (Å²) in [7, 11) is 2.96. The van der Waals surface area contributed by atoms with Crippen LogP contribution < -0.4 is 14.8 Å². The Kier molecular flexibility index (Phi) is 6.78. The molecule has 0 aromatic heterocycles. The van der Waals surface area contributed by atoms with Crippen LogP contribution in [-0.4, -0.2) is 20.1 Å². The van der Waals surface area contributed by atoms with Crippen molar-refractivity contribution in [1.29, 1.82) is 0 Å². The van der Waals surface area contributed by atoms with Crippen LogP contribution in [0.15, 0.2) is 40.9 Å². The number of benzene rings is 2. The molecule has 2 aromatic carbocycles. The number of anilines is 1. The van der Waals surface area contributed by atoms with Gasteiger partial charge in [0.25, 0.3) is 0 Å². The van der Waals surface area contributed by atoms with Gasteiger partial charge in [0.15, 0.2) is 11.5 Å². The summed E-state index contributed by atoms with van der Waals surface area (Å²) in [6.07, 6.45) is -1.89. The third kappa shape index (κ3) is 5.40. The fourth-order valence-electron chi connectivity index (χ4n) is 2.18. The molecule has 2 rings (SSSR count). The zero-order chi connectivity index (χ0) is 20.2. The molecule has 9 heteroatoms. The van der Waals surface area contributed by atoms with E-state index in [0.717, 1.165) is 18.2 Å². The topological polar surface area (TPSA) is 47.6 Å². The Balaban J connectivity index is 2.20. The highest BCUT2D eigenvalue weighted by Crippen LogP contribution is 2.37. The minimum Gasteiger partial charge on any atom is -0.493 e. The largest absolute Gasteiger partial charge is 0.493 e. The van der Waals surface area contributed by atoms with E-state index in [1.54, 1.807) is 12.1 Å². The first-order valence-corrected chi connectivity index (χ1v) is 8.60. The van der Waals surface area contributed by atoms with Crippen LogP contribution in [-0.2, 0) is 11.0 Å². The maximum Gasteiger partial charge on any atom is 0.416 e. The third-order valence-corrected chi connectivity index (χ3v) is 4.35. The number of carbonyl (C=O) groups is 1. The SMILES string of the molecule is COc1cc(/C=C/C(=O)Nc2cc(C(F)(F)F)ccc2Cl)cc(Br)c1OC. The van der Waals surface area contributed by atoms with Crippen molar-refractivity contribution in [1.82, 2.24) is 0 Å². The molecule has 144 valence electrons. The summed E-state index contributed by atoms with van der Waals surface area (Å²) in [5.74, 6) is 0.310. The highest BCUT2D eigenvalue weighted by atomic mass is 79.9. The Morgan fingerprint density at radius 1 is 1.19 bits per heavy atom. The maximum atomic E-state index is 12.8. The predicted octanol–water partition coefficient (Wildman–Crippen LogP) is 5.79. The molecule has 0 aliphatic heterocycles. The van der Waals surface area contributed by atoms with Gasteiger partial charge >= 0.3 is 6.18 Å². The van der Waals surface area contributed by atoms with E-state index in [9.17, 15) is 18.0 Å². The molecule has 0 saturated carbocycles. The zero-order valence-electron chi connectivity index (χ0n) is 14.2. The average molecular weight is 465 g/mol. The predicted molar refractivity (Wildman–Crippen MR) is 101 cm³/mol. The zero-order valence-corrected chi connectivity index (χ0v) is 16.5. The highest BCUT2D eigenvalue weighted by Gasteiger charge is 2.31. The van der Waals surface area contributed by atoms with Gasteiger partial charge < -0.3 is 14.8 Å². The second-order valence-corrected chi connectivity index (χ2v) is 6.51. The number of amides is 1. The number of methoxy groups -OCH3 is 2. The number of rotatable bonds is 5. The summed E-state index contributed by atoms with van der Waals surface area (Å²) in [4.78, 5) is 12.1. The number of ether oxygens (including phenoxy) is 2. The highest BCUT2D eigenvalue weighted by molar-refractivity contribution is 9.10. The van der Waals surface area contributed by atoms with Crippen molar-refractivity contribution in [2.75, 3.05) is 19.5 Å². The molecule has 0 radical (unpaired) electrons. The van der Waals surface area contributed by atoms with E-state index in [2.05, 4.69) is 21.2 Å². The molecule has 27 heavy (non-hydrogen) atoms. The molecule has 0 aliphatic carbocycles. The summed E-state index contributed by atoms with van der Waals surface area (Å²) >= 11 is 9.19. The normalized spacial score (nSPS) is 11.5. The first-order chi connectivity index (χ1) is 12.7. The van der Waals surface area contributed by atoms with E-state index in [1.807, 2.05) is 0 Å². The van der Waals surface area contributed by atoms with Gasteiger partial charge in [0, 0.05) is 6.08 Å². The monoisotopic (exact) mass is 463 g/mol. The van der Waals surface area contributed by atoms with Crippen LogP contribution in [0.25, 0.3) is 6.08 Å². The molecule has 4 nitrogen and oxygen atoms in total. The van der Waals surface area contributed by atoms with Gasteiger partial charge in [-0.3, -0.25) is 4.79 Å². The van der Waals surface area contributed by atoms with Gasteiger partial charge in [0.1, 0.15) is 0 Å². The fourth-order valence-corrected chi connectivity index (χ4v) is 2.96. The molecule has 0 atom stereocenters. The summed E-state index contributed by atoms with van der Waals surface area (Å²) in [5.41, 5.74) is -0.422. The van der Waals surface area contributed by atoms with Crippen molar-refractivity contribution in [2.24, 2.45) is 0 Å². The number of halogens is 5. The molecule has 0 spiro atoms. The molecule has 0 fully saturated rings. The van der Waals surface area contributed by atoms with E-state index in [0.29, 0.717) is 21.5 Å². The molecule has 0 aliphatic rings. The number of carbonyl (C=O) groups excluding carboxylic acids is 1. The minimum atomic E-state index is -4.54. The fraction of sp³-hybridized carbons (Fsp3) is 0.167. The van der Waals surface area contributed by atoms with Gasteiger partial charge in [0.05, 0.1) is 35.0 Å². The summed E-state index contributed by atoms with van der Waals surface area (Å²) in [6, 6.07) is 6.04. The molecular weight excluding hydrogens is 451 g/mol. The number of alkyl halides is 3. The van der Waals surface area contributed by atoms with E-state index >= 15 is 0 Å². The van der Waals surface area contributed by atoms with Crippen molar-refractivity contribution in [3.63, 3.8) is 0 Å². The Morgan fingerprint density at radius 3 is 2.48 bits per heavy atom. The Hall–Kier alpha value is -2.19. The van der Waals surface area contributed by atoms with E-state index in [4.69, 9.17) is 21.1 Å². The number of hydrogen-bond acceptors (Lipinski definition) is 3. The lowest BCUT2D eigenvalue weighted by atomic mass is 10.1. The van der Waals surface area contributed by atoms with Crippen molar-refractivity contribution in [3.8, 4) is 11.5 Å². The van der Waals surface area contributed by atoms with Crippen molar-refractivity contribution >= 4 is 45.2 Å². The number of nitrogens with one attached hydrogen (secondary N) is 1. The van der Waals surface area contributed by atoms with Crippen LogP contribution in [0.5, 0.6) is 11.5 Å². The van der Waals surface area contributed by atoms with Crippen LogP contribution >= 0.6 is 27.5 Å². The van der Waals surface area contributed by atoms with E-state index in [-0.39, 0.29) is 10.7 Å². The molecule has 0 unspecified atom stereocenters. The Morgan fingerprint density at radius 2 is 1.89 bits per heavy atom. The van der Waals surface area contributed by atoms with Crippen LogP contribution in [0.4, 0.5) is 18.9 Å². The van der Waals surface area contributed by atoms with E-state index < -0.39 is 17.6 Å². The second kappa shape index (κ2) is 8.67. The van der Waals surface area contributed by atoms with E-state index in [1.165, 1.54) is 26.4 Å². The van der Waals surface area contributed by atoms with Crippen LogP contribution in [0, 0.1) is 0 Å². The molecule has 0 saturated heterocycles. The molecule has 1 amide bonds. The van der Waals surface area contributed by atoms with Gasteiger partial charge in [-0.05, 0) is 57.9 Å². The molecule has 0 heterocycles. The van der Waals surface area contributed by atoms with Crippen LogP contribution in [0.2, 0.25) is 5.02 Å². The molecule has 1 N–H and O–H groups in total. The molecule has 2 aromatic rings. The van der Waals surface area contributed by atoms with Crippen molar-refractivity contribution < 1.29 is 27.4 Å². The lowest BCUT2D eigenvalue weighted by Crippen LogP contribution is -2.11. The minimum absolute atomic E-state index is 0.00129. The van der Waals surface area contributed by atoms with Gasteiger partial charge in [-0.2, -0.15) is 13.2 Å². The Bertz CT molecular complexity index is 885. The first kappa shape index (κ1) is 21.1. The van der Waals surface area contributed by atoms with Gasteiger partial charge in [-0.1, -0.05) is 11.6 Å². The van der Waals surface area contributed by atoms with Crippen LogP contribution in [0.3, 0.4) is 0 Å². The lowest BCUT2D eigenvalue weighted by molar-refractivity contribution is -0.137. The third-order valence-electron chi connectivity index (χ3n) is 3.43. The second-order valence-electron chi connectivity index (χ2n) is 5.25. The van der Waals surface area contributed by atoms with Crippen LogP contribution in [0.1, 0.15) is 11.1 Å². The van der Waals surface area contributed by atoms with Gasteiger partial charge in [0.2, 0.25) is 5.91 Å². The number of hydrogen-bond donors (Lipinski definition) is 1. The molecular formula is C18H14BrClF3NO3. The smallest absolute Gasteiger partial charge is 0.416 e. The van der Waals surface area contributed by atoms with Crippen molar-refractivity contribution in [3.05, 3.63) is 57.0 Å².